The number of rotatable bonds is 4. The highest BCUT2D eigenvalue weighted by molar-refractivity contribution is 5.79. The van der Waals surface area contributed by atoms with Crippen LogP contribution in [-0.2, 0) is 9.53 Å². The largest absolute Gasteiger partial charge is 0.478 e. The van der Waals surface area contributed by atoms with Crippen molar-refractivity contribution in [3.05, 3.63) is 12.3 Å². The summed E-state index contributed by atoms with van der Waals surface area (Å²) in [5.74, 6) is -0.900. The second kappa shape index (κ2) is 5.65. The van der Waals surface area contributed by atoms with E-state index in [-0.39, 0.29) is 6.10 Å². The van der Waals surface area contributed by atoms with Gasteiger partial charge >= 0.3 is 5.97 Å². The molecule has 0 aromatic carbocycles. The van der Waals surface area contributed by atoms with Gasteiger partial charge in [0, 0.05) is 32.0 Å². The second-order valence-corrected chi connectivity index (χ2v) is 3.37. The zero-order chi connectivity index (χ0) is 10.4. The zero-order valence-electron chi connectivity index (χ0n) is 8.48. The molecule has 1 unspecified atom stereocenters. The van der Waals surface area contributed by atoms with E-state index in [2.05, 4.69) is 0 Å². The third kappa shape index (κ3) is 3.79. The summed E-state index contributed by atoms with van der Waals surface area (Å²) in [6.45, 7) is 4.43. The molecule has 0 aliphatic carbocycles. The van der Waals surface area contributed by atoms with Crippen LogP contribution in [0.15, 0.2) is 12.3 Å². The maximum absolute atomic E-state index is 10.3. The van der Waals surface area contributed by atoms with E-state index in [0.29, 0.717) is 0 Å². The van der Waals surface area contributed by atoms with Crippen LogP contribution < -0.4 is 0 Å². The molecule has 1 aliphatic rings. The van der Waals surface area contributed by atoms with Crippen molar-refractivity contribution in [1.29, 1.82) is 0 Å². The Morgan fingerprint density at radius 2 is 2.50 bits per heavy atom. The van der Waals surface area contributed by atoms with E-state index < -0.39 is 5.97 Å². The van der Waals surface area contributed by atoms with Crippen LogP contribution >= 0.6 is 0 Å². The van der Waals surface area contributed by atoms with Crippen molar-refractivity contribution in [1.82, 2.24) is 4.90 Å². The average Bonchev–Trinajstić information content (AvgIpc) is 2.16. The highest BCUT2D eigenvalue weighted by Crippen LogP contribution is 2.13. The lowest BCUT2D eigenvalue weighted by atomic mass is 10.1. The predicted octanol–water partition coefficient (Wildman–Crippen LogP) is 1.09. The van der Waals surface area contributed by atoms with Gasteiger partial charge in [0.2, 0.25) is 0 Å². The van der Waals surface area contributed by atoms with Gasteiger partial charge < -0.3 is 14.7 Å². The minimum atomic E-state index is -0.900. The Bertz CT molecular complexity index is 213. The molecule has 0 aromatic heterocycles. The first-order valence-electron chi connectivity index (χ1n) is 4.99. The Labute approximate surface area is 84.2 Å². The van der Waals surface area contributed by atoms with Crippen LogP contribution in [0.3, 0.4) is 0 Å². The molecule has 14 heavy (non-hydrogen) atoms. The lowest BCUT2D eigenvalue weighted by Gasteiger charge is -2.31. The first-order valence-corrected chi connectivity index (χ1v) is 4.99. The van der Waals surface area contributed by atoms with Gasteiger partial charge in [0.25, 0.3) is 0 Å². The minimum absolute atomic E-state index is 0.257. The number of likely N-dealkylation sites (tertiary alicyclic amines) is 1. The topological polar surface area (TPSA) is 49.8 Å². The van der Waals surface area contributed by atoms with E-state index in [1.807, 2.05) is 11.8 Å². The van der Waals surface area contributed by atoms with E-state index in [1.54, 1.807) is 6.20 Å². The van der Waals surface area contributed by atoms with Crippen LogP contribution in [-0.4, -0.2) is 41.8 Å². The normalized spacial score (nSPS) is 22.9. The number of hydrogen-bond acceptors (Lipinski definition) is 3. The van der Waals surface area contributed by atoms with Gasteiger partial charge in [-0.1, -0.05) is 0 Å². The fraction of sp³-hybridized carbons (Fsp3) is 0.700. The van der Waals surface area contributed by atoms with E-state index in [1.165, 1.54) is 6.08 Å². The number of nitrogens with zero attached hydrogens (tertiary/aromatic N) is 1. The fourth-order valence-electron chi connectivity index (χ4n) is 1.64. The molecule has 80 valence electrons. The van der Waals surface area contributed by atoms with Crippen molar-refractivity contribution < 1.29 is 14.6 Å². The molecule has 1 N–H and O–H groups in total. The van der Waals surface area contributed by atoms with Crippen molar-refractivity contribution >= 4 is 5.97 Å². The van der Waals surface area contributed by atoms with Gasteiger partial charge in [-0.05, 0) is 19.8 Å². The van der Waals surface area contributed by atoms with E-state index in [9.17, 15) is 4.79 Å². The SMILES string of the molecule is CCOC1CCCN(C=CC(=O)O)C1. The molecule has 0 radical (unpaired) electrons. The molecule has 1 fully saturated rings. The Morgan fingerprint density at radius 1 is 1.71 bits per heavy atom. The Kier molecular flexibility index (Phi) is 4.46. The van der Waals surface area contributed by atoms with Crippen molar-refractivity contribution in [3.8, 4) is 0 Å². The van der Waals surface area contributed by atoms with Crippen LogP contribution in [0.5, 0.6) is 0 Å². The molecule has 0 aromatic rings. The van der Waals surface area contributed by atoms with Gasteiger partial charge in [-0.2, -0.15) is 0 Å². The monoisotopic (exact) mass is 199 g/mol. The van der Waals surface area contributed by atoms with Gasteiger partial charge in [0.1, 0.15) is 0 Å². The molecule has 0 amide bonds. The molecular weight excluding hydrogens is 182 g/mol. The van der Waals surface area contributed by atoms with Gasteiger partial charge in [-0.15, -0.1) is 0 Å². The molecule has 1 heterocycles. The molecule has 4 heteroatoms. The number of hydrogen-bond donors (Lipinski definition) is 1. The summed E-state index contributed by atoms with van der Waals surface area (Å²) >= 11 is 0. The predicted molar refractivity (Wildman–Crippen MR) is 53.0 cm³/mol. The average molecular weight is 199 g/mol. The summed E-state index contributed by atoms with van der Waals surface area (Å²) < 4.78 is 5.50. The summed E-state index contributed by atoms with van der Waals surface area (Å²) in [6.07, 6.45) is 5.20. The van der Waals surface area contributed by atoms with Crippen molar-refractivity contribution in [3.63, 3.8) is 0 Å². The summed E-state index contributed by atoms with van der Waals surface area (Å²) in [7, 11) is 0. The van der Waals surface area contributed by atoms with E-state index >= 15 is 0 Å². The molecule has 1 aliphatic heterocycles. The quantitative estimate of drug-likeness (QED) is 0.688. The highest BCUT2D eigenvalue weighted by atomic mass is 16.5. The van der Waals surface area contributed by atoms with Crippen molar-refractivity contribution in [2.45, 2.75) is 25.9 Å². The number of carboxylic acid groups (broad SMARTS) is 1. The Balaban J connectivity index is 2.35. The Hall–Kier alpha value is -1.03. The fourth-order valence-corrected chi connectivity index (χ4v) is 1.64. The second-order valence-electron chi connectivity index (χ2n) is 3.37. The third-order valence-corrected chi connectivity index (χ3v) is 2.24. The van der Waals surface area contributed by atoms with Crippen LogP contribution in [0.4, 0.5) is 0 Å². The number of aliphatic carboxylic acids is 1. The van der Waals surface area contributed by atoms with E-state index in [0.717, 1.165) is 32.5 Å². The number of carboxylic acids is 1. The molecule has 4 nitrogen and oxygen atoms in total. The summed E-state index contributed by atoms with van der Waals surface area (Å²) in [6, 6.07) is 0. The molecule has 0 saturated carbocycles. The number of piperidine rings is 1. The van der Waals surface area contributed by atoms with Crippen LogP contribution in [0.1, 0.15) is 19.8 Å². The first kappa shape index (κ1) is 11.0. The molecule has 1 saturated heterocycles. The van der Waals surface area contributed by atoms with Crippen molar-refractivity contribution in [2.75, 3.05) is 19.7 Å². The zero-order valence-corrected chi connectivity index (χ0v) is 8.48. The van der Waals surface area contributed by atoms with Gasteiger partial charge in [0.15, 0.2) is 0 Å². The van der Waals surface area contributed by atoms with Gasteiger partial charge in [0.05, 0.1) is 6.10 Å². The molecule has 0 bridgehead atoms. The maximum atomic E-state index is 10.3. The van der Waals surface area contributed by atoms with Crippen molar-refractivity contribution in [2.24, 2.45) is 0 Å². The number of carbonyl (C=O) groups is 1. The van der Waals surface area contributed by atoms with Gasteiger partial charge in [-0.25, -0.2) is 4.79 Å². The van der Waals surface area contributed by atoms with Crippen LogP contribution in [0.2, 0.25) is 0 Å². The lowest BCUT2D eigenvalue weighted by Crippen LogP contribution is -2.36. The Morgan fingerprint density at radius 3 is 3.14 bits per heavy atom. The first-order chi connectivity index (χ1) is 6.72. The highest BCUT2D eigenvalue weighted by Gasteiger charge is 2.17. The third-order valence-electron chi connectivity index (χ3n) is 2.24. The summed E-state index contributed by atoms with van der Waals surface area (Å²) in [5, 5.41) is 8.47. The van der Waals surface area contributed by atoms with Gasteiger partial charge in [-0.3, -0.25) is 0 Å². The molecular formula is C10H17NO3. The molecule has 1 atom stereocenters. The number of ether oxygens (including phenoxy) is 1. The minimum Gasteiger partial charge on any atom is -0.478 e. The summed E-state index contributed by atoms with van der Waals surface area (Å²) in [4.78, 5) is 12.3. The lowest BCUT2D eigenvalue weighted by molar-refractivity contribution is -0.131. The molecule has 0 spiro atoms. The van der Waals surface area contributed by atoms with Crippen LogP contribution in [0, 0.1) is 0 Å². The molecule has 1 rings (SSSR count). The maximum Gasteiger partial charge on any atom is 0.329 e. The van der Waals surface area contributed by atoms with E-state index in [4.69, 9.17) is 9.84 Å². The van der Waals surface area contributed by atoms with Crippen LogP contribution in [0.25, 0.3) is 0 Å². The smallest absolute Gasteiger partial charge is 0.329 e. The standard InChI is InChI=1S/C10H17NO3/c1-2-14-9-4-3-6-11(8-9)7-5-10(12)13/h5,7,9H,2-4,6,8H2,1H3,(H,12,13). The summed E-state index contributed by atoms with van der Waals surface area (Å²) in [5.41, 5.74) is 0.